The van der Waals surface area contributed by atoms with Crippen molar-refractivity contribution in [2.75, 3.05) is 18.4 Å². The average Bonchev–Trinajstić information content (AvgIpc) is 2.29. The van der Waals surface area contributed by atoms with Crippen LogP contribution in [0.15, 0.2) is 30.5 Å². The predicted octanol–water partition coefficient (Wildman–Crippen LogP) is 2.06. The van der Waals surface area contributed by atoms with Crippen molar-refractivity contribution in [2.45, 2.75) is 6.42 Å². The van der Waals surface area contributed by atoms with Crippen molar-refractivity contribution in [2.24, 2.45) is 5.92 Å². The molecule has 0 bridgehead atoms. The maximum atomic E-state index is 3.49. The summed E-state index contributed by atoms with van der Waals surface area (Å²) in [6.07, 6.45) is 3.43. The molecule has 1 aromatic carbocycles. The molecule has 14 heavy (non-hydrogen) atoms. The number of nitrogens with one attached hydrogen (secondary N) is 2. The maximum absolute atomic E-state index is 3.49. The van der Waals surface area contributed by atoms with Crippen molar-refractivity contribution < 1.29 is 0 Å². The Morgan fingerprint density at radius 2 is 2.14 bits per heavy atom. The lowest BCUT2D eigenvalue weighted by molar-refractivity contribution is 0.579. The zero-order valence-electron chi connectivity index (χ0n) is 8.09. The standard InChI is InChI=1S/C12H14N2/c1-2-4-12-10(3-1)11-8-13-6-5-9(11)7-14-12/h1-4,8-9,13-14H,5-7H2. The highest BCUT2D eigenvalue weighted by atomic mass is 14.9. The quantitative estimate of drug-likeness (QED) is 0.648. The zero-order valence-corrected chi connectivity index (χ0v) is 8.09. The second-order valence-corrected chi connectivity index (χ2v) is 3.97. The van der Waals surface area contributed by atoms with Gasteiger partial charge < -0.3 is 10.6 Å². The third kappa shape index (κ3) is 1.10. The van der Waals surface area contributed by atoms with Gasteiger partial charge in [-0.1, -0.05) is 18.2 Å². The summed E-state index contributed by atoms with van der Waals surface area (Å²) in [6, 6.07) is 8.55. The minimum Gasteiger partial charge on any atom is -0.391 e. The first-order valence-electron chi connectivity index (χ1n) is 5.22. The van der Waals surface area contributed by atoms with E-state index in [1.807, 2.05) is 0 Å². The number of fused-ring (bicyclic) bond motifs is 3. The van der Waals surface area contributed by atoms with Gasteiger partial charge in [0.25, 0.3) is 0 Å². The second-order valence-electron chi connectivity index (χ2n) is 3.97. The van der Waals surface area contributed by atoms with Gasteiger partial charge in [-0.25, -0.2) is 0 Å². The van der Waals surface area contributed by atoms with Gasteiger partial charge >= 0.3 is 0 Å². The number of anilines is 1. The van der Waals surface area contributed by atoms with Crippen LogP contribution in [-0.2, 0) is 0 Å². The van der Waals surface area contributed by atoms with E-state index in [-0.39, 0.29) is 0 Å². The molecule has 72 valence electrons. The van der Waals surface area contributed by atoms with E-state index >= 15 is 0 Å². The van der Waals surface area contributed by atoms with Crippen LogP contribution in [0.5, 0.6) is 0 Å². The van der Waals surface area contributed by atoms with Crippen molar-refractivity contribution in [3.63, 3.8) is 0 Å². The fourth-order valence-electron chi connectivity index (χ4n) is 2.34. The number of hydrogen-bond donors (Lipinski definition) is 2. The molecular formula is C12H14N2. The fourth-order valence-corrected chi connectivity index (χ4v) is 2.34. The van der Waals surface area contributed by atoms with Crippen LogP contribution >= 0.6 is 0 Å². The lowest BCUT2D eigenvalue weighted by atomic mass is 9.85. The molecule has 1 unspecified atom stereocenters. The van der Waals surface area contributed by atoms with E-state index in [4.69, 9.17) is 0 Å². The number of rotatable bonds is 0. The molecule has 0 aliphatic carbocycles. The summed E-state index contributed by atoms with van der Waals surface area (Å²) in [6.45, 7) is 2.20. The molecule has 0 saturated carbocycles. The van der Waals surface area contributed by atoms with Crippen molar-refractivity contribution >= 4 is 11.3 Å². The molecule has 1 atom stereocenters. The van der Waals surface area contributed by atoms with Gasteiger partial charge in [0.15, 0.2) is 0 Å². The van der Waals surface area contributed by atoms with Crippen LogP contribution in [0.25, 0.3) is 5.57 Å². The smallest absolute Gasteiger partial charge is 0.0417 e. The van der Waals surface area contributed by atoms with Crippen molar-refractivity contribution in [1.82, 2.24) is 5.32 Å². The monoisotopic (exact) mass is 186 g/mol. The minimum absolute atomic E-state index is 0.700. The molecule has 0 fully saturated rings. The van der Waals surface area contributed by atoms with Crippen LogP contribution in [0.2, 0.25) is 0 Å². The predicted molar refractivity (Wildman–Crippen MR) is 59.0 cm³/mol. The zero-order chi connectivity index (χ0) is 9.38. The van der Waals surface area contributed by atoms with Gasteiger partial charge in [0.05, 0.1) is 0 Å². The third-order valence-corrected chi connectivity index (χ3v) is 3.11. The van der Waals surface area contributed by atoms with Gasteiger partial charge in [0.1, 0.15) is 0 Å². The first kappa shape index (κ1) is 7.92. The summed E-state index contributed by atoms with van der Waals surface area (Å²) in [5.41, 5.74) is 4.13. The Hall–Kier alpha value is -1.44. The van der Waals surface area contributed by atoms with Gasteiger partial charge in [-0.3, -0.25) is 0 Å². The Balaban J connectivity index is 2.11. The average molecular weight is 186 g/mol. The summed E-state index contributed by atoms with van der Waals surface area (Å²) in [5, 5.41) is 6.83. The molecule has 3 rings (SSSR count). The van der Waals surface area contributed by atoms with Gasteiger partial charge in [-0.05, 0) is 18.1 Å². The molecule has 2 aliphatic heterocycles. The summed E-state index contributed by atoms with van der Waals surface area (Å²) in [4.78, 5) is 0. The van der Waals surface area contributed by atoms with Crippen LogP contribution in [0, 0.1) is 5.92 Å². The fraction of sp³-hybridized carbons (Fsp3) is 0.333. The summed E-state index contributed by atoms with van der Waals surface area (Å²) < 4.78 is 0. The van der Waals surface area contributed by atoms with E-state index in [9.17, 15) is 0 Å². The van der Waals surface area contributed by atoms with Gasteiger partial charge in [0, 0.05) is 36.5 Å². The van der Waals surface area contributed by atoms with Crippen LogP contribution in [0.1, 0.15) is 12.0 Å². The lowest BCUT2D eigenvalue weighted by Crippen LogP contribution is -2.29. The first-order valence-corrected chi connectivity index (χ1v) is 5.22. The maximum Gasteiger partial charge on any atom is 0.0417 e. The van der Waals surface area contributed by atoms with Crippen molar-refractivity contribution in [1.29, 1.82) is 0 Å². The minimum atomic E-state index is 0.700. The van der Waals surface area contributed by atoms with Crippen molar-refractivity contribution in [3.05, 3.63) is 36.0 Å². The molecule has 0 spiro atoms. The number of hydrogen-bond acceptors (Lipinski definition) is 2. The molecule has 2 aliphatic rings. The Bertz CT molecular complexity index is 382. The summed E-state index contributed by atoms with van der Waals surface area (Å²) >= 11 is 0. The first-order chi connectivity index (χ1) is 6.95. The third-order valence-electron chi connectivity index (χ3n) is 3.11. The Kier molecular flexibility index (Phi) is 1.72. The van der Waals surface area contributed by atoms with Gasteiger partial charge in [-0.15, -0.1) is 0 Å². The Labute approximate surface area is 84.0 Å². The normalized spacial score (nSPS) is 23.7. The lowest BCUT2D eigenvalue weighted by Gasteiger charge is -2.32. The molecule has 2 heterocycles. The largest absolute Gasteiger partial charge is 0.391 e. The van der Waals surface area contributed by atoms with E-state index in [0.29, 0.717) is 5.92 Å². The van der Waals surface area contributed by atoms with Crippen LogP contribution in [-0.4, -0.2) is 13.1 Å². The highest BCUT2D eigenvalue weighted by molar-refractivity contribution is 5.80. The summed E-state index contributed by atoms with van der Waals surface area (Å²) in [5.74, 6) is 0.700. The SMILES string of the molecule is C1=C2c3ccccc3NCC2CCN1. The molecule has 0 amide bonds. The number of para-hydroxylation sites is 1. The molecule has 1 aromatic rings. The molecular weight excluding hydrogens is 172 g/mol. The van der Waals surface area contributed by atoms with E-state index in [1.165, 1.54) is 23.2 Å². The Morgan fingerprint density at radius 3 is 3.14 bits per heavy atom. The van der Waals surface area contributed by atoms with Crippen LogP contribution in [0.3, 0.4) is 0 Å². The molecule has 2 nitrogen and oxygen atoms in total. The number of benzene rings is 1. The van der Waals surface area contributed by atoms with Crippen molar-refractivity contribution in [3.8, 4) is 0 Å². The van der Waals surface area contributed by atoms with E-state index in [1.54, 1.807) is 0 Å². The van der Waals surface area contributed by atoms with Crippen LogP contribution in [0.4, 0.5) is 5.69 Å². The highest BCUT2D eigenvalue weighted by Crippen LogP contribution is 2.36. The second kappa shape index (κ2) is 3.05. The molecule has 2 N–H and O–H groups in total. The molecule has 0 aromatic heterocycles. The van der Waals surface area contributed by atoms with Crippen LogP contribution < -0.4 is 10.6 Å². The topological polar surface area (TPSA) is 24.1 Å². The molecule has 0 radical (unpaired) electrons. The highest BCUT2D eigenvalue weighted by Gasteiger charge is 2.24. The summed E-state index contributed by atoms with van der Waals surface area (Å²) in [7, 11) is 0. The van der Waals surface area contributed by atoms with E-state index < -0.39 is 0 Å². The molecule has 0 saturated heterocycles. The van der Waals surface area contributed by atoms with Gasteiger partial charge in [-0.2, -0.15) is 0 Å². The van der Waals surface area contributed by atoms with Gasteiger partial charge in [0.2, 0.25) is 0 Å². The van der Waals surface area contributed by atoms with E-state index in [0.717, 1.165) is 13.1 Å². The Morgan fingerprint density at radius 1 is 1.21 bits per heavy atom. The molecule has 2 heteroatoms. The van der Waals surface area contributed by atoms with E-state index in [2.05, 4.69) is 41.1 Å².